The Morgan fingerprint density at radius 1 is 1.64 bits per heavy atom. The van der Waals surface area contributed by atoms with E-state index in [0.29, 0.717) is 12.5 Å². The lowest BCUT2D eigenvalue weighted by Crippen LogP contribution is -2.40. The van der Waals surface area contributed by atoms with Gasteiger partial charge in [0.2, 0.25) is 0 Å². The zero-order valence-electron chi connectivity index (χ0n) is 6.66. The van der Waals surface area contributed by atoms with Gasteiger partial charge < -0.3 is 14.9 Å². The largest absolute Gasteiger partial charge is 0.393 e. The number of ether oxygens (including phenoxy) is 1. The summed E-state index contributed by atoms with van der Waals surface area (Å²) in [5.41, 5.74) is -0.607. The van der Waals surface area contributed by atoms with Crippen molar-refractivity contribution in [2.24, 2.45) is 11.8 Å². The first-order valence-electron chi connectivity index (χ1n) is 4.12. The Morgan fingerprint density at radius 3 is 2.64 bits per heavy atom. The van der Waals surface area contributed by atoms with E-state index in [1.54, 1.807) is 0 Å². The molecule has 0 radical (unpaired) electrons. The number of hydrogen-bond acceptors (Lipinski definition) is 3. The van der Waals surface area contributed by atoms with Crippen molar-refractivity contribution in [3.63, 3.8) is 0 Å². The van der Waals surface area contributed by atoms with Crippen molar-refractivity contribution >= 4 is 0 Å². The molecule has 1 saturated carbocycles. The lowest BCUT2D eigenvalue weighted by atomic mass is 9.98. The molecule has 1 unspecified atom stereocenters. The zero-order chi connectivity index (χ0) is 8.06. The number of hydrogen-bond donors (Lipinski definition) is 2. The van der Waals surface area contributed by atoms with E-state index in [0.717, 1.165) is 6.42 Å². The highest BCUT2D eigenvalue weighted by Gasteiger charge is 2.57. The van der Waals surface area contributed by atoms with Crippen LogP contribution in [0.1, 0.15) is 13.3 Å². The minimum absolute atomic E-state index is 0.0466. The van der Waals surface area contributed by atoms with Gasteiger partial charge in [0.1, 0.15) is 5.60 Å². The fraction of sp³-hybridized carbons (Fsp3) is 1.00. The van der Waals surface area contributed by atoms with Gasteiger partial charge in [-0.25, -0.2) is 0 Å². The molecule has 3 nitrogen and oxygen atoms in total. The second-order valence-corrected chi connectivity index (χ2v) is 3.82. The van der Waals surface area contributed by atoms with Crippen LogP contribution in [0.3, 0.4) is 0 Å². The molecule has 64 valence electrons. The summed E-state index contributed by atoms with van der Waals surface area (Å²) in [5.74, 6) is 0.744. The SMILES string of the molecule is CC1C[C@]2(CO)OC[C@@H]1[C@@H]2O. The maximum Gasteiger partial charge on any atom is 0.117 e. The van der Waals surface area contributed by atoms with Gasteiger partial charge in [0.15, 0.2) is 0 Å². The molecule has 1 saturated heterocycles. The van der Waals surface area contributed by atoms with Gasteiger partial charge in [0.25, 0.3) is 0 Å². The van der Waals surface area contributed by atoms with Crippen LogP contribution in [0.5, 0.6) is 0 Å². The van der Waals surface area contributed by atoms with Gasteiger partial charge >= 0.3 is 0 Å². The number of aliphatic hydroxyl groups excluding tert-OH is 2. The molecule has 0 amide bonds. The summed E-state index contributed by atoms with van der Waals surface area (Å²) in [7, 11) is 0. The van der Waals surface area contributed by atoms with Crippen LogP contribution >= 0.6 is 0 Å². The molecule has 1 heterocycles. The van der Waals surface area contributed by atoms with Crippen LogP contribution in [0.15, 0.2) is 0 Å². The van der Waals surface area contributed by atoms with Crippen LogP contribution in [-0.4, -0.2) is 35.1 Å². The summed E-state index contributed by atoms with van der Waals surface area (Å²) < 4.78 is 5.37. The molecular weight excluding hydrogens is 144 g/mol. The van der Waals surface area contributed by atoms with Crippen LogP contribution in [0.25, 0.3) is 0 Å². The molecular formula is C8H14O3. The number of rotatable bonds is 1. The van der Waals surface area contributed by atoms with Gasteiger partial charge in [-0.05, 0) is 12.3 Å². The molecule has 4 atom stereocenters. The number of aliphatic hydroxyl groups is 2. The summed E-state index contributed by atoms with van der Waals surface area (Å²) in [6, 6.07) is 0. The standard InChI is InChI=1S/C8H14O3/c1-5-2-8(4-9)7(10)6(5)3-11-8/h5-7,9-10H,2-4H2,1H3/t5?,6-,7-,8+/m0/s1. The number of fused-ring (bicyclic) bond motifs is 2. The van der Waals surface area contributed by atoms with E-state index in [1.165, 1.54) is 0 Å². The van der Waals surface area contributed by atoms with Crippen molar-refractivity contribution in [3.8, 4) is 0 Å². The molecule has 3 heteroatoms. The van der Waals surface area contributed by atoms with Gasteiger partial charge in [-0.3, -0.25) is 0 Å². The fourth-order valence-electron chi connectivity index (χ4n) is 2.38. The molecule has 2 fully saturated rings. The third kappa shape index (κ3) is 0.789. The van der Waals surface area contributed by atoms with Gasteiger partial charge in [-0.2, -0.15) is 0 Å². The monoisotopic (exact) mass is 158 g/mol. The molecule has 0 aromatic carbocycles. The minimum atomic E-state index is -0.607. The normalized spacial score (nSPS) is 55.4. The highest BCUT2D eigenvalue weighted by molar-refractivity contribution is 5.06. The quantitative estimate of drug-likeness (QED) is 0.554. The van der Waals surface area contributed by atoms with Crippen LogP contribution in [0, 0.1) is 11.8 Å². The van der Waals surface area contributed by atoms with E-state index in [-0.39, 0.29) is 12.5 Å². The summed E-state index contributed by atoms with van der Waals surface area (Å²) >= 11 is 0. The first kappa shape index (κ1) is 7.53. The van der Waals surface area contributed by atoms with E-state index in [1.807, 2.05) is 0 Å². The molecule has 0 aromatic rings. The van der Waals surface area contributed by atoms with Crippen LogP contribution in [0.2, 0.25) is 0 Å². The maximum atomic E-state index is 9.66. The molecule has 1 aliphatic heterocycles. The van der Waals surface area contributed by atoms with Crippen molar-refractivity contribution < 1.29 is 14.9 Å². The highest BCUT2D eigenvalue weighted by Crippen LogP contribution is 2.47. The molecule has 1 aliphatic carbocycles. The molecule has 2 N–H and O–H groups in total. The average Bonchev–Trinajstić information content (AvgIpc) is 2.42. The third-order valence-corrected chi connectivity index (χ3v) is 3.17. The van der Waals surface area contributed by atoms with Gasteiger partial charge in [-0.1, -0.05) is 6.92 Å². The molecule has 0 spiro atoms. The van der Waals surface area contributed by atoms with Crippen molar-refractivity contribution in [1.82, 2.24) is 0 Å². The Labute approximate surface area is 66.0 Å². The topological polar surface area (TPSA) is 49.7 Å². The van der Waals surface area contributed by atoms with Gasteiger partial charge in [0.05, 0.1) is 19.3 Å². The Bertz CT molecular complexity index is 171. The fourth-order valence-corrected chi connectivity index (χ4v) is 2.38. The zero-order valence-corrected chi connectivity index (χ0v) is 6.66. The predicted molar refractivity (Wildman–Crippen MR) is 39.0 cm³/mol. The Balaban J connectivity index is 2.24. The van der Waals surface area contributed by atoms with E-state index in [4.69, 9.17) is 9.84 Å². The van der Waals surface area contributed by atoms with Crippen molar-refractivity contribution in [1.29, 1.82) is 0 Å². The Kier molecular flexibility index (Phi) is 1.50. The first-order valence-corrected chi connectivity index (χ1v) is 4.12. The highest BCUT2D eigenvalue weighted by atomic mass is 16.5. The maximum absolute atomic E-state index is 9.66. The molecule has 11 heavy (non-hydrogen) atoms. The lowest BCUT2D eigenvalue weighted by Gasteiger charge is -2.27. The van der Waals surface area contributed by atoms with Crippen molar-refractivity contribution in [3.05, 3.63) is 0 Å². The summed E-state index contributed by atoms with van der Waals surface area (Å²) in [6.07, 6.45) is 0.359. The van der Waals surface area contributed by atoms with E-state index < -0.39 is 11.7 Å². The van der Waals surface area contributed by atoms with Gasteiger partial charge in [-0.15, -0.1) is 0 Å². The first-order chi connectivity index (χ1) is 5.19. The Hall–Kier alpha value is -0.120. The lowest BCUT2D eigenvalue weighted by molar-refractivity contribution is -0.0937. The third-order valence-electron chi connectivity index (χ3n) is 3.17. The van der Waals surface area contributed by atoms with Crippen LogP contribution in [-0.2, 0) is 4.74 Å². The second kappa shape index (κ2) is 2.19. The van der Waals surface area contributed by atoms with E-state index >= 15 is 0 Å². The van der Waals surface area contributed by atoms with Gasteiger partial charge in [0, 0.05) is 5.92 Å². The molecule has 2 aliphatic rings. The molecule has 2 rings (SSSR count). The van der Waals surface area contributed by atoms with Crippen LogP contribution in [0.4, 0.5) is 0 Å². The van der Waals surface area contributed by atoms with Crippen molar-refractivity contribution in [2.45, 2.75) is 25.0 Å². The minimum Gasteiger partial charge on any atom is -0.393 e. The predicted octanol–water partition coefficient (Wildman–Crippen LogP) is -0.235. The Morgan fingerprint density at radius 2 is 2.36 bits per heavy atom. The summed E-state index contributed by atoms with van der Waals surface area (Å²) in [6.45, 7) is 2.67. The molecule has 0 aromatic heterocycles. The second-order valence-electron chi connectivity index (χ2n) is 3.82. The average molecular weight is 158 g/mol. The molecule has 2 bridgehead atoms. The van der Waals surface area contributed by atoms with E-state index in [9.17, 15) is 5.11 Å². The van der Waals surface area contributed by atoms with Crippen LogP contribution < -0.4 is 0 Å². The van der Waals surface area contributed by atoms with Crippen molar-refractivity contribution in [2.75, 3.05) is 13.2 Å². The van der Waals surface area contributed by atoms with E-state index in [2.05, 4.69) is 6.92 Å². The summed E-state index contributed by atoms with van der Waals surface area (Å²) in [4.78, 5) is 0. The summed E-state index contributed by atoms with van der Waals surface area (Å²) in [5, 5.41) is 18.7. The smallest absolute Gasteiger partial charge is 0.117 e.